The summed E-state index contributed by atoms with van der Waals surface area (Å²) in [7, 11) is 0. The van der Waals surface area contributed by atoms with Crippen LogP contribution in [0, 0.1) is 17.3 Å². The fourth-order valence-corrected chi connectivity index (χ4v) is 2.92. The normalized spacial score (nSPS) is 13.3. The van der Waals surface area contributed by atoms with Crippen molar-refractivity contribution in [2.24, 2.45) is 17.3 Å². The molecule has 144 valence electrons. The van der Waals surface area contributed by atoms with Crippen LogP contribution in [0.15, 0.2) is 0 Å². The number of rotatable bonds is 14. The van der Waals surface area contributed by atoms with Crippen LogP contribution >= 0.6 is 0 Å². The monoisotopic (exact) mass is 340 g/mol. The lowest BCUT2D eigenvalue weighted by atomic mass is 9.89. The minimum atomic E-state index is -0.000859. The Balaban J connectivity index is 3.41. The molecule has 1 atom stereocenters. The molecule has 0 rings (SSSR count). The van der Waals surface area contributed by atoms with E-state index in [9.17, 15) is 4.79 Å². The molecule has 0 aliphatic carbocycles. The Morgan fingerprint density at radius 3 is 2.08 bits per heavy atom. The maximum Gasteiger partial charge on any atom is 0.305 e. The summed E-state index contributed by atoms with van der Waals surface area (Å²) < 4.78 is 5.37. The molecule has 0 bridgehead atoms. The van der Waals surface area contributed by atoms with Crippen LogP contribution in [-0.4, -0.2) is 12.6 Å². The van der Waals surface area contributed by atoms with E-state index < -0.39 is 0 Å². The quantitative estimate of drug-likeness (QED) is 0.248. The smallest absolute Gasteiger partial charge is 0.305 e. The third-order valence-corrected chi connectivity index (χ3v) is 4.66. The molecule has 0 aliphatic heterocycles. The number of carbonyl (C=O) groups is 1. The van der Waals surface area contributed by atoms with Crippen LogP contribution in [0.1, 0.15) is 112 Å². The van der Waals surface area contributed by atoms with Gasteiger partial charge in [-0.3, -0.25) is 4.79 Å². The van der Waals surface area contributed by atoms with E-state index in [1.807, 2.05) is 0 Å². The van der Waals surface area contributed by atoms with E-state index in [1.54, 1.807) is 0 Å². The Morgan fingerprint density at radius 1 is 0.833 bits per heavy atom. The zero-order valence-corrected chi connectivity index (χ0v) is 17.5. The fraction of sp³-hybridized carbons (Fsp3) is 0.955. The average Bonchev–Trinajstić information content (AvgIpc) is 2.44. The summed E-state index contributed by atoms with van der Waals surface area (Å²) in [6.45, 7) is 14.3. The molecule has 0 N–H and O–H groups in total. The summed E-state index contributed by atoms with van der Waals surface area (Å²) in [5, 5.41) is 0. The first-order valence-corrected chi connectivity index (χ1v) is 10.4. The summed E-state index contributed by atoms with van der Waals surface area (Å²) in [4.78, 5) is 11.7. The zero-order valence-electron chi connectivity index (χ0n) is 17.5. The van der Waals surface area contributed by atoms with Gasteiger partial charge in [0.1, 0.15) is 0 Å². The third-order valence-electron chi connectivity index (χ3n) is 4.66. The topological polar surface area (TPSA) is 26.3 Å². The molecule has 2 heteroatoms. The van der Waals surface area contributed by atoms with Gasteiger partial charge >= 0.3 is 5.97 Å². The van der Waals surface area contributed by atoms with Gasteiger partial charge in [-0.15, -0.1) is 0 Å². The van der Waals surface area contributed by atoms with Crippen LogP contribution in [0.2, 0.25) is 0 Å². The second kappa shape index (κ2) is 13.7. The number of ether oxygens (including phenoxy) is 1. The SMILES string of the molecule is CC(C)CCCC(C)CCOC(=O)CCCCCCCC(C)(C)C. The van der Waals surface area contributed by atoms with Crippen LogP contribution in [0.25, 0.3) is 0 Å². The first kappa shape index (κ1) is 23.5. The van der Waals surface area contributed by atoms with Gasteiger partial charge in [0.2, 0.25) is 0 Å². The van der Waals surface area contributed by atoms with E-state index in [-0.39, 0.29) is 5.97 Å². The molecule has 0 heterocycles. The Hall–Kier alpha value is -0.530. The maximum atomic E-state index is 11.7. The summed E-state index contributed by atoms with van der Waals surface area (Å²) in [5.41, 5.74) is 0.454. The molecule has 2 nitrogen and oxygen atoms in total. The second-order valence-electron chi connectivity index (χ2n) is 9.27. The van der Waals surface area contributed by atoms with Gasteiger partial charge in [0, 0.05) is 6.42 Å². The van der Waals surface area contributed by atoms with Crippen LogP contribution in [-0.2, 0) is 9.53 Å². The molecule has 0 aromatic rings. The lowest BCUT2D eigenvalue weighted by molar-refractivity contribution is -0.144. The van der Waals surface area contributed by atoms with Gasteiger partial charge in [-0.25, -0.2) is 0 Å². The molecule has 0 saturated heterocycles. The Morgan fingerprint density at radius 2 is 1.46 bits per heavy atom. The van der Waals surface area contributed by atoms with Gasteiger partial charge in [0.25, 0.3) is 0 Å². The van der Waals surface area contributed by atoms with Gasteiger partial charge in [0.05, 0.1) is 6.61 Å². The highest BCUT2D eigenvalue weighted by Crippen LogP contribution is 2.22. The molecule has 0 aliphatic rings. The minimum Gasteiger partial charge on any atom is -0.466 e. The van der Waals surface area contributed by atoms with Crippen LogP contribution in [0.4, 0.5) is 0 Å². The first-order chi connectivity index (χ1) is 11.2. The Bertz CT molecular complexity index is 302. The summed E-state index contributed by atoms with van der Waals surface area (Å²) >= 11 is 0. The molecule has 24 heavy (non-hydrogen) atoms. The molecular formula is C22H44O2. The van der Waals surface area contributed by atoms with E-state index in [2.05, 4.69) is 41.5 Å². The zero-order chi connectivity index (χ0) is 18.4. The molecule has 0 saturated carbocycles. The molecule has 1 unspecified atom stereocenters. The predicted molar refractivity (Wildman–Crippen MR) is 105 cm³/mol. The van der Waals surface area contributed by atoms with Crippen molar-refractivity contribution in [3.8, 4) is 0 Å². The number of esters is 1. The maximum absolute atomic E-state index is 11.7. The number of hydrogen-bond donors (Lipinski definition) is 0. The van der Waals surface area contributed by atoms with E-state index >= 15 is 0 Å². The van der Waals surface area contributed by atoms with Crippen LogP contribution in [0.5, 0.6) is 0 Å². The number of hydrogen-bond acceptors (Lipinski definition) is 2. The lowest BCUT2D eigenvalue weighted by Gasteiger charge is -2.17. The molecule has 0 radical (unpaired) electrons. The van der Waals surface area contributed by atoms with Crippen LogP contribution < -0.4 is 0 Å². The minimum absolute atomic E-state index is 0.000859. The van der Waals surface area contributed by atoms with Crippen molar-refractivity contribution in [1.82, 2.24) is 0 Å². The van der Waals surface area contributed by atoms with Crippen LogP contribution in [0.3, 0.4) is 0 Å². The lowest BCUT2D eigenvalue weighted by Crippen LogP contribution is -2.08. The van der Waals surface area contributed by atoms with E-state index in [0.717, 1.165) is 25.2 Å². The van der Waals surface area contributed by atoms with Gasteiger partial charge < -0.3 is 4.74 Å². The highest BCUT2D eigenvalue weighted by molar-refractivity contribution is 5.69. The van der Waals surface area contributed by atoms with Gasteiger partial charge in [-0.05, 0) is 36.5 Å². The molecular weight excluding hydrogens is 296 g/mol. The molecule has 0 aromatic heterocycles. The summed E-state index contributed by atoms with van der Waals surface area (Å²) in [5.74, 6) is 1.46. The second-order valence-corrected chi connectivity index (χ2v) is 9.27. The van der Waals surface area contributed by atoms with Crippen molar-refractivity contribution in [2.75, 3.05) is 6.61 Å². The van der Waals surface area contributed by atoms with E-state index in [4.69, 9.17) is 4.74 Å². The molecule has 0 amide bonds. The third kappa shape index (κ3) is 17.8. The predicted octanol–water partition coefficient (Wildman–Crippen LogP) is 7.16. The van der Waals surface area contributed by atoms with E-state index in [0.29, 0.717) is 24.4 Å². The molecule has 0 aromatic carbocycles. The summed E-state index contributed by atoms with van der Waals surface area (Å²) in [6, 6.07) is 0. The van der Waals surface area contributed by atoms with E-state index in [1.165, 1.54) is 44.9 Å². The highest BCUT2D eigenvalue weighted by atomic mass is 16.5. The average molecular weight is 341 g/mol. The van der Waals surface area contributed by atoms with Crippen molar-refractivity contribution in [3.63, 3.8) is 0 Å². The number of carbonyl (C=O) groups excluding carboxylic acids is 1. The molecule has 0 spiro atoms. The van der Waals surface area contributed by atoms with Gasteiger partial charge in [0.15, 0.2) is 0 Å². The number of unbranched alkanes of at least 4 members (excludes halogenated alkanes) is 4. The van der Waals surface area contributed by atoms with Crippen molar-refractivity contribution in [2.45, 2.75) is 112 Å². The Kier molecular flexibility index (Phi) is 13.4. The van der Waals surface area contributed by atoms with Gasteiger partial charge in [-0.1, -0.05) is 86.5 Å². The standard InChI is InChI=1S/C22H44O2/c1-19(2)13-12-14-20(3)16-18-24-21(23)15-10-8-7-9-11-17-22(4,5)6/h19-20H,7-18H2,1-6H3. The fourth-order valence-electron chi connectivity index (χ4n) is 2.92. The largest absolute Gasteiger partial charge is 0.466 e. The van der Waals surface area contributed by atoms with Crippen molar-refractivity contribution in [3.05, 3.63) is 0 Å². The molecule has 0 fully saturated rings. The van der Waals surface area contributed by atoms with Crippen molar-refractivity contribution >= 4 is 5.97 Å². The van der Waals surface area contributed by atoms with Crippen molar-refractivity contribution in [1.29, 1.82) is 0 Å². The highest BCUT2D eigenvalue weighted by Gasteiger charge is 2.09. The van der Waals surface area contributed by atoms with Gasteiger partial charge in [-0.2, -0.15) is 0 Å². The first-order valence-electron chi connectivity index (χ1n) is 10.4. The van der Waals surface area contributed by atoms with Crippen molar-refractivity contribution < 1.29 is 9.53 Å². The summed E-state index contributed by atoms with van der Waals surface area (Å²) in [6.07, 6.45) is 12.7. The Labute approximate surface area is 152 Å².